The van der Waals surface area contributed by atoms with E-state index in [2.05, 4.69) is 6.92 Å². The van der Waals surface area contributed by atoms with Gasteiger partial charge in [0.25, 0.3) is 5.78 Å². The molecule has 0 N–H and O–H groups in total. The third-order valence-corrected chi connectivity index (χ3v) is 7.12. The van der Waals surface area contributed by atoms with Gasteiger partial charge in [-0.3, -0.25) is 14.4 Å². The van der Waals surface area contributed by atoms with Gasteiger partial charge in [-0.2, -0.15) is 0 Å². The van der Waals surface area contributed by atoms with Gasteiger partial charge in [-0.1, -0.05) is 32.9 Å². The predicted molar refractivity (Wildman–Crippen MR) is 118 cm³/mol. The minimum atomic E-state index is -1.94. The van der Waals surface area contributed by atoms with Crippen molar-refractivity contribution in [2.45, 2.75) is 72.7 Å². The molecule has 32 heavy (non-hydrogen) atoms. The first-order valence-corrected chi connectivity index (χ1v) is 11.5. The molecule has 0 aromatic heterocycles. The van der Waals surface area contributed by atoms with Gasteiger partial charge in [-0.25, -0.2) is 0 Å². The Balaban J connectivity index is 1.84. The van der Waals surface area contributed by atoms with Crippen molar-refractivity contribution >= 4 is 17.5 Å². The molecule has 6 heteroatoms. The third kappa shape index (κ3) is 3.44. The quantitative estimate of drug-likeness (QED) is 0.613. The van der Waals surface area contributed by atoms with Crippen LogP contribution in [0.15, 0.2) is 29.5 Å². The second-order valence-corrected chi connectivity index (χ2v) is 9.95. The minimum absolute atomic E-state index is 0.0727. The van der Waals surface area contributed by atoms with Crippen molar-refractivity contribution in [3.8, 4) is 5.75 Å². The first-order valence-electron chi connectivity index (χ1n) is 11.5. The summed E-state index contributed by atoms with van der Waals surface area (Å²) in [5, 5.41) is 0. The maximum absolute atomic E-state index is 13.8. The van der Waals surface area contributed by atoms with E-state index in [1.807, 2.05) is 33.8 Å². The predicted octanol–water partition coefficient (Wildman–Crippen LogP) is 4.78. The molecule has 1 aromatic carbocycles. The lowest BCUT2D eigenvalue weighted by Crippen LogP contribution is -2.60. The van der Waals surface area contributed by atoms with E-state index in [0.29, 0.717) is 23.5 Å². The van der Waals surface area contributed by atoms with Gasteiger partial charge in [0.1, 0.15) is 5.75 Å². The summed E-state index contributed by atoms with van der Waals surface area (Å²) in [6.45, 7) is 11.1. The van der Waals surface area contributed by atoms with Crippen LogP contribution in [0.1, 0.15) is 69.8 Å². The molecular formula is C26H32O6. The molecule has 0 amide bonds. The van der Waals surface area contributed by atoms with Crippen LogP contribution in [0.3, 0.4) is 0 Å². The number of carbonyl (C=O) groups is 3. The molecule has 1 aliphatic carbocycles. The lowest BCUT2D eigenvalue weighted by Gasteiger charge is -2.44. The average molecular weight is 441 g/mol. The van der Waals surface area contributed by atoms with Crippen LogP contribution in [0.2, 0.25) is 0 Å². The fraction of sp³-hybridized carbons (Fsp3) is 0.577. The van der Waals surface area contributed by atoms with E-state index < -0.39 is 23.6 Å². The highest BCUT2D eigenvalue weighted by molar-refractivity contribution is 6.09. The maximum Gasteiger partial charge on any atom is 0.357 e. The fourth-order valence-corrected chi connectivity index (χ4v) is 5.71. The van der Waals surface area contributed by atoms with Gasteiger partial charge in [-0.05, 0) is 61.6 Å². The Morgan fingerprint density at radius 3 is 2.56 bits per heavy atom. The minimum Gasteiger partial charge on any atom is -0.478 e. The number of ketones is 2. The summed E-state index contributed by atoms with van der Waals surface area (Å²) in [5.41, 5.74) is 2.08. The summed E-state index contributed by atoms with van der Waals surface area (Å²) >= 11 is 0. The van der Waals surface area contributed by atoms with Crippen molar-refractivity contribution < 1.29 is 28.6 Å². The van der Waals surface area contributed by atoms with Crippen LogP contribution in [-0.2, 0) is 19.1 Å². The second kappa shape index (κ2) is 8.05. The Bertz CT molecular complexity index is 1010. The molecule has 6 nitrogen and oxygen atoms in total. The Labute approximate surface area is 189 Å². The molecule has 1 fully saturated rings. The Kier molecular flexibility index (Phi) is 5.68. The molecule has 0 saturated heterocycles. The summed E-state index contributed by atoms with van der Waals surface area (Å²) in [6.07, 6.45) is 1.28. The number of rotatable bonds is 5. The van der Waals surface area contributed by atoms with Gasteiger partial charge in [0.2, 0.25) is 0 Å². The van der Waals surface area contributed by atoms with Crippen molar-refractivity contribution in [1.29, 1.82) is 0 Å². The normalized spacial score (nSPS) is 31.2. The van der Waals surface area contributed by atoms with E-state index >= 15 is 0 Å². The van der Waals surface area contributed by atoms with Gasteiger partial charge in [-0.15, -0.1) is 0 Å². The number of hydrogen-bond acceptors (Lipinski definition) is 6. The van der Waals surface area contributed by atoms with Crippen LogP contribution in [0.25, 0.3) is 0 Å². The largest absolute Gasteiger partial charge is 0.478 e. The molecule has 5 atom stereocenters. The van der Waals surface area contributed by atoms with E-state index in [1.165, 1.54) is 6.92 Å². The van der Waals surface area contributed by atoms with Gasteiger partial charge in [0.05, 0.1) is 5.56 Å². The highest BCUT2D eigenvalue weighted by Crippen LogP contribution is 2.54. The standard InChI is InChI=1S/C26H32O6/c1-13(2)12-19(28)23-16(5)18-11-10-15(4)21(18)25(30-23)26(31-17(6)27)24(29)22-14(3)8-7-9-20(22)32-26/h7-9,13,15,18,21,25H,10-12H2,1-6H3/t15-,18+,21+,25+,26+/m0/s1. The van der Waals surface area contributed by atoms with Crippen molar-refractivity contribution in [1.82, 2.24) is 0 Å². The molecule has 0 radical (unpaired) electrons. The van der Waals surface area contributed by atoms with Crippen LogP contribution >= 0.6 is 0 Å². The molecule has 2 aliphatic heterocycles. The number of allylic oxidation sites excluding steroid dienone is 2. The lowest BCUT2D eigenvalue weighted by molar-refractivity contribution is -0.222. The maximum atomic E-state index is 13.8. The number of ether oxygens (including phenoxy) is 3. The molecule has 3 aliphatic rings. The topological polar surface area (TPSA) is 78.9 Å². The zero-order chi connectivity index (χ0) is 23.4. The zero-order valence-electron chi connectivity index (χ0n) is 19.7. The highest BCUT2D eigenvalue weighted by atomic mass is 16.7. The first kappa shape index (κ1) is 22.6. The summed E-state index contributed by atoms with van der Waals surface area (Å²) in [7, 11) is 0. The molecule has 2 heterocycles. The van der Waals surface area contributed by atoms with Gasteiger partial charge < -0.3 is 14.2 Å². The molecular weight excluding hydrogens is 408 g/mol. The number of Topliss-reactive ketones (excluding diaryl/α,β-unsaturated/α-hetero) is 2. The van der Waals surface area contributed by atoms with Crippen LogP contribution in [0.4, 0.5) is 0 Å². The highest BCUT2D eigenvalue weighted by Gasteiger charge is 2.65. The van der Waals surface area contributed by atoms with Gasteiger partial charge >= 0.3 is 11.8 Å². The lowest BCUT2D eigenvalue weighted by atomic mass is 9.75. The van der Waals surface area contributed by atoms with Crippen LogP contribution in [-0.4, -0.2) is 29.4 Å². The third-order valence-electron chi connectivity index (χ3n) is 7.12. The Morgan fingerprint density at radius 1 is 1.22 bits per heavy atom. The van der Waals surface area contributed by atoms with Crippen molar-refractivity contribution in [3.05, 3.63) is 40.7 Å². The summed E-state index contributed by atoms with van der Waals surface area (Å²) < 4.78 is 18.3. The molecule has 1 aromatic rings. The zero-order valence-corrected chi connectivity index (χ0v) is 19.7. The van der Waals surface area contributed by atoms with Gasteiger partial charge in [0, 0.05) is 19.3 Å². The van der Waals surface area contributed by atoms with Crippen LogP contribution < -0.4 is 4.74 Å². The van der Waals surface area contributed by atoms with Crippen LogP contribution in [0.5, 0.6) is 5.75 Å². The Morgan fingerprint density at radius 2 is 1.94 bits per heavy atom. The smallest absolute Gasteiger partial charge is 0.357 e. The van der Waals surface area contributed by atoms with E-state index in [9.17, 15) is 14.4 Å². The number of carbonyl (C=O) groups excluding carboxylic acids is 3. The summed E-state index contributed by atoms with van der Waals surface area (Å²) in [5.74, 6) is -2.04. The first-order chi connectivity index (χ1) is 15.1. The summed E-state index contributed by atoms with van der Waals surface area (Å²) in [4.78, 5) is 39.2. The summed E-state index contributed by atoms with van der Waals surface area (Å²) in [6, 6.07) is 5.33. The van der Waals surface area contributed by atoms with Crippen molar-refractivity contribution in [3.63, 3.8) is 0 Å². The van der Waals surface area contributed by atoms with Crippen LogP contribution in [0, 0.1) is 30.6 Å². The monoisotopic (exact) mass is 440 g/mol. The van der Waals surface area contributed by atoms with E-state index in [0.717, 1.165) is 24.0 Å². The number of benzene rings is 1. The number of fused-ring (bicyclic) bond motifs is 2. The Hall–Kier alpha value is -2.63. The molecule has 1 saturated carbocycles. The molecule has 0 bridgehead atoms. The van der Waals surface area contributed by atoms with E-state index in [1.54, 1.807) is 12.1 Å². The van der Waals surface area contributed by atoms with Crippen molar-refractivity contribution in [2.75, 3.05) is 0 Å². The molecule has 172 valence electrons. The average Bonchev–Trinajstić information content (AvgIpc) is 3.21. The molecule has 0 spiro atoms. The number of aryl methyl sites for hydroxylation is 1. The van der Waals surface area contributed by atoms with E-state index in [4.69, 9.17) is 14.2 Å². The fourth-order valence-electron chi connectivity index (χ4n) is 5.71. The molecule has 0 unspecified atom stereocenters. The van der Waals surface area contributed by atoms with E-state index in [-0.39, 0.29) is 29.5 Å². The second-order valence-electron chi connectivity index (χ2n) is 9.95. The number of esters is 1. The number of hydrogen-bond donors (Lipinski definition) is 0. The van der Waals surface area contributed by atoms with Crippen molar-refractivity contribution in [2.24, 2.45) is 23.7 Å². The van der Waals surface area contributed by atoms with Gasteiger partial charge in [0.15, 0.2) is 17.6 Å². The SMILES string of the molecule is CC(=O)O[C@@]1([C@@H]2OC(C(=O)CC(C)C)=C(C)[C@H]3CC[C@H](C)[C@H]32)Oc2cccc(C)c2C1=O. The molecule has 4 rings (SSSR count).